The van der Waals surface area contributed by atoms with Crippen LogP contribution in [0.5, 0.6) is 0 Å². The number of hydrogen-bond acceptors (Lipinski definition) is 4. The molecule has 0 radical (unpaired) electrons. The van der Waals surface area contributed by atoms with Crippen LogP contribution in [-0.2, 0) is 4.79 Å². The van der Waals surface area contributed by atoms with E-state index in [4.69, 9.17) is 0 Å². The van der Waals surface area contributed by atoms with E-state index in [1.54, 1.807) is 6.20 Å². The van der Waals surface area contributed by atoms with Gasteiger partial charge in [-0.1, -0.05) is 25.6 Å². The lowest BCUT2D eigenvalue weighted by atomic mass is 10.1. The Morgan fingerprint density at radius 1 is 1.64 bits per heavy atom. The van der Waals surface area contributed by atoms with Crippen LogP contribution in [-0.4, -0.2) is 21.5 Å². The summed E-state index contributed by atoms with van der Waals surface area (Å²) in [5, 5.41) is 0.858. The molecule has 0 amide bonds. The smallest absolute Gasteiger partial charge is 0.145 e. The van der Waals surface area contributed by atoms with Crippen molar-refractivity contribution in [2.24, 2.45) is 5.92 Å². The Balaban J connectivity index is 2.38. The minimum absolute atomic E-state index is 0.157. The van der Waals surface area contributed by atoms with Crippen LogP contribution < -0.4 is 0 Å². The van der Waals surface area contributed by atoms with Crippen LogP contribution in [0.4, 0.5) is 0 Å². The Labute approximate surface area is 88.3 Å². The van der Waals surface area contributed by atoms with E-state index >= 15 is 0 Å². The summed E-state index contributed by atoms with van der Waals surface area (Å²) in [5.41, 5.74) is 0. The molecule has 0 spiro atoms. The van der Waals surface area contributed by atoms with Crippen molar-refractivity contribution in [3.05, 3.63) is 18.6 Å². The fraction of sp³-hybridized carbons (Fsp3) is 0.500. The lowest BCUT2D eigenvalue weighted by Gasteiger charge is -2.05. The number of rotatable bonds is 5. The number of ketones is 1. The molecule has 0 saturated heterocycles. The zero-order valence-corrected chi connectivity index (χ0v) is 9.25. The first-order chi connectivity index (χ1) is 6.74. The number of aromatic nitrogens is 2. The molecule has 0 aliphatic rings. The molecule has 3 nitrogen and oxygen atoms in total. The quantitative estimate of drug-likeness (QED) is 0.552. The minimum Gasteiger partial charge on any atom is -0.298 e. The molecule has 0 aromatic carbocycles. The summed E-state index contributed by atoms with van der Waals surface area (Å²) < 4.78 is 0. The summed E-state index contributed by atoms with van der Waals surface area (Å²) in [5.74, 6) is 0.951. The van der Waals surface area contributed by atoms with Crippen LogP contribution in [0.3, 0.4) is 0 Å². The molecule has 1 aromatic heterocycles. The van der Waals surface area contributed by atoms with Gasteiger partial charge in [0.1, 0.15) is 12.1 Å². The average molecular weight is 210 g/mol. The second kappa shape index (κ2) is 5.75. The molecule has 1 aromatic rings. The third-order valence-corrected chi connectivity index (χ3v) is 3.05. The zero-order valence-electron chi connectivity index (χ0n) is 8.43. The van der Waals surface area contributed by atoms with Gasteiger partial charge in [-0.15, -0.1) is 0 Å². The van der Waals surface area contributed by atoms with Crippen molar-refractivity contribution in [1.82, 2.24) is 9.97 Å². The van der Waals surface area contributed by atoms with E-state index in [9.17, 15) is 4.79 Å². The highest BCUT2D eigenvalue weighted by molar-refractivity contribution is 7.99. The largest absolute Gasteiger partial charge is 0.298 e. The Hall–Kier alpha value is -0.900. The van der Waals surface area contributed by atoms with Gasteiger partial charge < -0.3 is 0 Å². The average Bonchev–Trinajstić information content (AvgIpc) is 2.26. The lowest BCUT2D eigenvalue weighted by molar-refractivity contribution is -0.119. The van der Waals surface area contributed by atoms with Crippen molar-refractivity contribution < 1.29 is 4.79 Å². The van der Waals surface area contributed by atoms with E-state index < -0.39 is 0 Å². The van der Waals surface area contributed by atoms with Crippen LogP contribution in [0.15, 0.2) is 23.6 Å². The first-order valence-corrected chi connectivity index (χ1v) is 5.64. The molecule has 0 aliphatic carbocycles. The standard InChI is InChI=1S/C10H14N2OS/c1-3-8(2)9(13)6-14-10-4-5-11-7-12-10/h4-5,7-8H,3,6H2,1-2H3. The zero-order chi connectivity index (χ0) is 10.4. The van der Waals surface area contributed by atoms with Gasteiger partial charge in [0.15, 0.2) is 0 Å². The van der Waals surface area contributed by atoms with Crippen molar-refractivity contribution in [3.8, 4) is 0 Å². The summed E-state index contributed by atoms with van der Waals surface area (Å²) in [6.07, 6.45) is 4.09. The first kappa shape index (κ1) is 11.2. The highest BCUT2D eigenvalue weighted by Crippen LogP contribution is 2.16. The maximum absolute atomic E-state index is 11.5. The molecule has 1 rings (SSSR count). The molecule has 0 saturated carbocycles. The lowest BCUT2D eigenvalue weighted by Crippen LogP contribution is -2.12. The Morgan fingerprint density at radius 3 is 3.00 bits per heavy atom. The number of nitrogens with zero attached hydrogens (tertiary/aromatic N) is 2. The van der Waals surface area contributed by atoms with Gasteiger partial charge in [-0.05, 0) is 12.5 Å². The molecule has 0 fully saturated rings. The van der Waals surface area contributed by atoms with Crippen LogP contribution in [0.25, 0.3) is 0 Å². The van der Waals surface area contributed by atoms with Gasteiger partial charge in [-0.2, -0.15) is 0 Å². The Morgan fingerprint density at radius 2 is 2.43 bits per heavy atom. The predicted octanol–water partition coefficient (Wildman–Crippen LogP) is 2.18. The maximum Gasteiger partial charge on any atom is 0.145 e. The molecule has 0 N–H and O–H groups in total. The third kappa shape index (κ3) is 3.46. The number of thioether (sulfide) groups is 1. The van der Waals surface area contributed by atoms with Crippen LogP contribution >= 0.6 is 11.8 Å². The number of carbonyl (C=O) groups excluding carboxylic acids is 1. The van der Waals surface area contributed by atoms with Crippen molar-refractivity contribution in [2.75, 3.05) is 5.75 Å². The van der Waals surface area contributed by atoms with Crippen LogP contribution in [0, 0.1) is 5.92 Å². The Kier molecular flexibility index (Phi) is 4.59. The first-order valence-electron chi connectivity index (χ1n) is 4.65. The molecule has 4 heteroatoms. The van der Waals surface area contributed by atoms with Gasteiger partial charge in [0.05, 0.1) is 10.8 Å². The molecule has 0 bridgehead atoms. The Bertz CT molecular complexity index is 289. The number of carbonyl (C=O) groups is 1. The SMILES string of the molecule is CCC(C)C(=O)CSc1ccncn1. The molecule has 1 atom stereocenters. The summed E-state index contributed by atoms with van der Waals surface area (Å²) in [7, 11) is 0. The highest BCUT2D eigenvalue weighted by Gasteiger charge is 2.10. The predicted molar refractivity (Wildman–Crippen MR) is 57.2 cm³/mol. The molecular formula is C10H14N2OS. The van der Waals surface area contributed by atoms with Gasteiger partial charge >= 0.3 is 0 Å². The summed E-state index contributed by atoms with van der Waals surface area (Å²) in [6.45, 7) is 3.99. The molecule has 1 heterocycles. The highest BCUT2D eigenvalue weighted by atomic mass is 32.2. The number of hydrogen-bond donors (Lipinski definition) is 0. The van der Waals surface area contributed by atoms with Crippen molar-refractivity contribution in [3.63, 3.8) is 0 Å². The monoisotopic (exact) mass is 210 g/mol. The van der Waals surface area contributed by atoms with E-state index in [2.05, 4.69) is 9.97 Å². The second-order valence-electron chi connectivity index (χ2n) is 3.11. The van der Waals surface area contributed by atoms with Crippen molar-refractivity contribution in [1.29, 1.82) is 0 Å². The minimum atomic E-state index is 0.157. The van der Waals surface area contributed by atoms with Gasteiger partial charge in [0, 0.05) is 12.1 Å². The molecule has 0 aliphatic heterocycles. The third-order valence-electron chi connectivity index (χ3n) is 2.08. The van der Waals surface area contributed by atoms with Crippen molar-refractivity contribution >= 4 is 17.5 Å². The van der Waals surface area contributed by atoms with Gasteiger partial charge in [0.2, 0.25) is 0 Å². The van der Waals surface area contributed by atoms with Gasteiger partial charge in [-0.25, -0.2) is 9.97 Å². The van der Waals surface area contributed by atoms with Crippen molar-refractivity contribution in [2.45, 2.75) is 25.3 Å². The normalized spacial score (nSPS) is 12.4. The maximum atomic E-state index is 11.5. The molecule has 14 heavy (non-hydrogen) atoms. The topological polar surface area (TPSA) is 42.9 Å². The second-order valence-corrected chi connectivity index (χ2v) is 4.11. The van der Waals surface area contributed by atoms with Crippen LogP contribution in [0.1, 0.15) is 20.3 Å². The van der Waals surface area contributed by atoms with Gasteiger partial charge in [-0.3, -0.25) is 4.79 Å². The summed E-state index contributed by atoms with van der Waals surface area (Å²) in [4.78, 5) is 19.3. The molecule has 1 unspecified atom stereocenters. The molecular weight excluding hydrogens is 196 g/mol. The summed E-state index contributed by atoms with van der Waals surface area (Å²) in [6, 6.07) is 1.81. The van der Waals surface area contributed by atoms with E-state index in [0.717, 1.165) is 11.4 Å². The van der Waals surface area contributed by atoms with Crippen LogP contribution in [0.2, 0.25) is 0 Å². The fourth-order valence-corrected chi connectivity index (χ4v) is 1.73. The fourth-order valence-electron chi connectivity index (χ4n) is 0.879. The van der Waals surface area contributed by atoms with E-state index in [1.807, 2.05) is 19.9 Å². The van der Waals surface area contributed by atoms with E-state index in [-0.39, 0.29) is 11.7 Å². The summed E-state index contributed by atoms with van der Waals surface area (Å²) >= 11 is 1.47. The van der Waals surface area contributed by atoms with Gasteiger partial charge in [0.25, 0.3) is 0 Å². The number of Topliss-reactive ketones (excluding diaryl/α,β-unsaturated/α-hetero) is 1. The van der Waals surface area contributed by atoms with E-state index in [0.29, 0.717) is 5.75 Å². The van der Waals surface area contributed by atoms with E-state index in [1.165, 1.54) is 18.1 Å². The molecule has 76 valence electrons.